The first-order valence-electron chi connectivity index (χ1n) is 6.99. The van der Waals surface area contributed by atoms with E-state index in [4.69, 9.17) is 9.47 Å². The second-order valence-corrected chi connectivity index (χ2v) is 5.60. The Labute approximate surface area is 138 Å². The van der Waals surface area contributed by atoms with Gasteiger partial charge in [-0.2, -0.15) is 5.26 Å². The fraction of sp³-hybridized carbons (Fsp3) is 0.235. The average Bonchev–Trinajstić information content (AvgIpc) is 2.89. The molecule has 0 spiro atoms. The number of carbonyl (C=O) groups excluding carboxylic acids is 1. The van der Waals surface area contributed by atoms with Gasteiger partial charge in [-0.05, 0) is 49.2 Å². The van der Waals surface area contributed by atoms with Gasteiger partial charge in [0.2, 0.25) is 0 Å². The van der Waals surface area contributed by atoms with E-state index in [-0.39, 0.29) is 0 Å². The zero-order chi connectivity index (χ0) is 16.8. The molecular formula is C17H16N2O3S. The molecule has 2 rings (SSSR count). The third-order valence-electron chi connectivity index (χ3n) is 3.13. The van der Waals surface area contributed by atoms with Crippen LogP contribution in [0.3, 0.4) is 0 Å². The minimum atomic E-state index is -0.452. The smallest absolute Gasteiger partial charge is 0.348 e. The topological polar surface area (TPSA) is 71.7 Å². The van der Waals surface area contributed by atoms with Gasteiger partial charge in [-0.15, -0.1) is 11.3 Å². The second kappa shape index (κ2) is 7.56. The zero-order valence-electron chi connectivity index (χ0n) is 13.1. The number of hydrogen-bond acceptors (Lipinski definition) is 6. The first-order valence-corrected chi connectivity index (χ1v) is 7.81. The van der Waals surface area contributed by atoms with Crippen LogP contribution in [0.5, 0.6) is 5.75 Å². The van der Waals surface area contributed by atoms with Crippen molar-refractivity contribution in [2.24, 2.45) is 4.99 Å². The van der Waals surface area contributed by atoms with Crippen molar-refractivity contribution in [3.63, 3.8) is 0 Å². The molecule has 0 aliphatic rings. The fourth-order valence-electron chi connectivity index (χ4n) is 1.96. The zero-order valence-corrected chi connectivity index (χ0v) is 13.9. The first-order chi connectivity index (χ1) is 11.1. The summed E-state index contributed by atoms with van der Waals surface area (Å²) in [5.41, 5.74) is 1.88. The van der Waals surface area contributed by atoms with E-state index in [0.29, 0.717) is 27.6 Å². The largest absolute Gasteiger partial charge is 0.494 e. The Morgan fingerprint density at radius 2 is 2.09 bits per heavy atom. The molecule has 0 bridgehead atoms. The summed E-state index contributed by atoms with van der Waals surface area (Å²) >= 11 is 1.15. The molecule has 0 saturated heterocycles. The predicted octanol–water partition coefficient (Wildman–Crippen LogP) is 3.86. The molecule has 0 aliphatic carbocycles. The highest BCUT2D eigenvalue weighted by atomic mass is 32.1. The molecule has 1 aromatic carbocycles. The Hall–Kier alpha value is -2.65. The molecular weight excluding hydrogens is 312 g/mol. The lowest BCUT2D eigenvalue weighted by Gasteiger charge is -2.01. The lowest BCUT2D eigenvalue weighted by Crippen LogP contribution is -1.99. The van der Waals surface area contributed by atoms with Gasteiger partial charge in [0, 0.05) is 6.21 Å². The number of hydrogen-bond donors (Lipinski definition) is 0. The molecule has 0 N–H and O–H groups in total. The number of ether oxygens (including phenoxy) is 2. The Morgan fingerprint density at radius 1 is 1.39 bits per heavy atom. The number of thiophene rings is 1. The number of aliphatic imine (C=N–C) groups is 1. The molecule has 5 nitrogen and oxygen atoms in total. The van der Waals surface area contributed by atoms with Crippen molar-refractivity contribution in [1.82, 2.24) is 0 Å². The maximum absolute atomic E-state index is 11.7. The van der Waals surface area contributed by atoms with Gasteiger partial charge >= 0.3 is 5.97 Å². The van der Waals surface area contributed by atoms with E-state index < -0.39 is 5.97 Å². The maximum atomic E-state index is 11.7. The Balaban J connectivity index is 2.28. The number of benzene rings is 1. The Kier molecular flexibility index (Phi) is 5.50. The number of carbonyl (C=O) groups is 1. The van der Waals surface area contributed by atoms with Crippen molar-refractivity contribution in [3.05, 3.63) is 45.8 Å². The quantitative estimate of drug-likeness (QED) is 0.617. The van der Waals surface area contributed by atoms with Crippen LogP contribution in [-0.2, 0) is 4.74 Å². The van der Waals surface area contributed by atoms with Gasteiger partial charge in [-0.1, -0.05) is 0 Å². The summed E-state index contributed by atoms with van der Waals surface area (Å²) in [6, 6.07) is 9.56. The predicted molar refractivity (Wildman–Crippen MR) is 90.0 cm³/mol. The molecule has 0 fully saturated rings. The molecule has 0 unspecified atom stereocenters. The molecule has 23 heavy (non-hydrogen) atoms. The van der Waals surface area contributed by atoms with Gasteiger partial charge in [0.1, 0.15) is 21.7 Å². The summed E-state index contributed by atoms with van der Waals surface area (Å²) in [4.78, 5) is 16.5. The summed E-state index contributed by atoms with van der Waals surface area (Å²) in [6.45, 7) is 4.26. The van der Waals surface area contributed by atoms with Crippen LogP contribution >= 0.6 is 11.3 Å². The number of nitriles is 1. The molecule has 0 amide bonds. The lowest BCUT2D eigenvalue weighted by molar-refractivity contribution is 0.0605. The van der Waals surface area contributed by atoms with Crippen molar-refractivity contribution in [3.8, 4) is 11.8 Å². The summed E-state index contributed by atoms with van der Waals surface area (Å²) in [7, 11) is 1.32. The van der Waals surface area contributed by atoms with Gasteiger partial charge in [0.15, 0.2) is 0 Å². The summed E-state index contributed by atoms with van der Waals surface area (Å²) in [6.07, 6.45) is 1.66. The van der Waals surface area contributed by atoms with E-state index in [2.05, 4.69) is 11.1 Å². The van der Waals surface area contributed by atoms with Crippen LogP contribution in [0.25, 0.3) is 0 Å². The second-order valence-electron chi connectivity index (χ2n) is 4.60. The van der Waals surface area contributed by atoms with Crippen molar-refractivity contribution >= 4 is 28.5 Å². The van der Waals surface area contributed by atoms with Crippen molar-refractivity contribution in [2.45, 2.75) is 13.8 Å². The van der Waals surface area contributed by atoms with Crippen molar-refractivity contribution in [1.29, 1.82) is 5.26 Å². The van der Waals surface area contributed by atoms with Crippen LogP contribution in [0.1, 0.15) is 33.3 Å². The van der Waals surface area contributed by atoms with E-state index in [1.54, 1.807) is 13.1 Å². The Bertz CT molecular complexity index is 770. The van der Waals surface area contributed by atoms with Crippen molar-refractivity contribution < 1.29 is 14.3 Å². The van der Waals surface area contributed by atoms with Gasteiger partial charge in [0.05, 0.1) is 19.3 Å². The van der Waals surface area contributed by atoms with Crippen LogP contribution in [0.2, 0.25) is 0 Å². The molecule has 0 aliphatic heterocycles. The van der Waals surface area contributed by atoms with E-state index in [1.165, 1.54) is 7.11 Å². The van der Waals surface area contributed by atoms with Crippen LogP contribution < -0.4 is 4.74 Å². The van der Waals surface area contributed by atoms with E-state index in [1.807, 2.05) is 31.2 Å². The number of nitrogens with zero attached hydrogens (tertiary/aromatic N) is 2. The maximum Gasteiger partial charge on any atom is 0.348 e. The van der Waals surface area contributed by atoms with Gasteiger partial charge < -0.3 is 9.47 Å². The fourth-order valence-corrected chi connectivity index (χ4v) is 2.98. The SMILES string of the molecule is CCOc1ccc(/C=N/c2sc(C(=O)OC)c(C)c2C#N)cc1. The van der Waals surface area contributed by atoms with E-state index in [0.717, 1.165) is 22.6 Å². The average molecular weight is 328 g/mol. The summed E-state index contributed by atoms with van der Waals surface area (Å²) in [5.74, 6) is 0.342. The molecule has 0 saturated carbocycles. The normalized spacial score (nSPS) is 10.5. The highest BCUT2D eigenvalue weighted by molar-refractivity contribution is 7.18. The Morgan fingerprint density at radius 3 is 2.65 bits per heavy atom. The minimum Gasteiger partial charge on any atom is -0.494 e. The van der Waals surface area contributed by atoms with Gasteiger partial charge in [-0.3, -0.25) is 0 Å². The molecule has 6 heteroatoms. The highest BCUT2D eigenvalue weighted by Crippen LogP contribution is 2.35. The lowest BCUT2D eigenvalue weighted by atomic mass is 10.2. The van der Waals surface area contributed by atoms with Crippen LogP contribution in [0.15, 0.2) is 29.3 Å². The highest BCUT2D eigenvalue weighted by Gasteiger charge is 2.20. The number of rotatable bonds is 5. The van der Waals surface area contributed by atoms with Crippen LogP contribution in [0, 0.1) is 18.3 Å². The van der Waals surface area contributed by atoms with E-state index >= 15 is 0 Å². The summed E-state index contributed by atoms with van der Waals surface area (Å²) in [5, 5.41) is 9.77. The van der Waals surface area contributed by atoms with E-state index in [9.17, 15) is 10.1 Å². The number of methoxy groups -OCH3 is 1. The first kappa shape index (κ1) is 16.7. The molecule has 1 heterocycles. The third-order valence-corrected chi connectivity index (χ3v) is 4.31. The standard InChI is InChI=1S/C17H16N2O3S/c1-4-22-13-7-5-12(6-8-13)10-19-16-14(9-18)11(2)15(23-16)17(20)21-3/h5-8,10H,4H2,1-3H3/b19-10+. The molecule has 1 aromatic heterocycles. The summed E-state index contributed by atoms with van der Waals surface area (Å²) < 4.78 is 10.1. The molecule has 0 atom stereocenters. The van der Waals surface area contributed by atoms with Crippen LogP contribution in [-0.4, -0.2) is 25.9 Å². The molecule has 2 aromatic rings. The number of esters is 1. The third kappa shape index (κ3) is 3.76. The molecule has 0 radical (unpaired) electrons. The van der Waals surface area contributed by atoms with Crippen molar-refractivity contribution in [2.75, 3.05) is 13.7 Å². The van der Waals surface area contributed by atoms with Gasteiger partial charge in [0.25, 0.3) is 0 Å². The molecule has 118 valence electrons. The monoisotopic (exact) mass is 328 g/mol. The van der Waals surface area contributed by atoms with Gasteiger partial charge in [-0.25, -0.2) is 9.79 Å². The van der Waals surface area contributed by atoms with Crippen LogP contribution in [0.4, 0.5) is 5.00 Å². The minimum absolute atomic E-state index is 0.401.